The summed E-state index contributed by atoms with van der Waals surface area (Å²) in [5, 5.41) is 6.22. The van der Waals surface area contributed by atoms with Gasteiger partial charge in [0.15, 0.2) is 0 Å². The van der Waals surface area contributed by atoms with Crippen molar-refractivity contribution in [1.29, 1.82) is 0 Å². The Labute approximate surface area is 151 Å². The molecule has 2 amide bonds. The largest absolute Gasteiger partial charge is 0.492 e. The molecule has 0 aromatic heterocycles. The van der Waals surface area contributed by atoms with Crippen LogP contribution in [0.5, 0.6) is 5.75 Å². The first-order valence-electron chi connectivity index (χ1n) is 8.17. The molecule has 2 aromatic carbocycles. The molecule has 0 saturated heterocycles. The maximum atomic E-state index is 12.5. The quantitative estimate of drug-likeness (QED) is 0.881. The van der Waals surface area contributed by atoms with Crippen molar-refractivity contribution in [2.75, 3.05) is 18.5 Å². The fraction of sp³-hybridized carbons (Fsp3) is 0.263. The van der Waals surface area contributed by atoms with Crippen molar-refractivity contribution in [2.24, 2.45) is 5.92 Å². The van der Waals surface area contributed by atoms with Crippen molar-refractivity contribution in [3.8, 4) is 5.75 Å². The Morgan fingerprint density at radius 2 is 2.08 bits per heavy atom. The smallest absolute Gasteiger partial charge is 0.251 e. The van der Waals surface area contributed by atoms with Crippen LogP contribution in [0, 0.1) is 5.92 Å². The van der Waals surface area contributed by atoms with E-state index in [1.807, 2.05) is 19.1 Å². The van der Waals surface area contributed by atoms with Crippen LogP contribution >= 0.6 is 11.6 Å². The molecule has 0 saturated carbocycles. The highest BCUT2D eigenvalue weighted by atomic mass is 35.5. The van der Waals surface area contributed by atoms with Crippen LogP contribution in [0.25, 0.3) is 0 Å². The number of nitrogens with one attached hydrogen (secondary N) is 2. The van der Waals surface area contributed by atoms with E-state index in [1.165, 1.54) is 0 Å². The monoisotopic (exact) mass is 358 g/mol. The summed E-state index contributed by atoms with van der Waals surface area (Å²) in [6.07, 6.45) is 0.567. The Bertz CT molecular complexity index is 807. The van der Waals surface area contributed by atoms with E-state index in [4.69, 9.17) is 16.3 Å². The van der Waals surface area contributed by atoms with Crippen LogP contribution in [-0.4, -0.2) is 25.0 Å². The fourth-order valence-corrected chi connectivity index (χ4v) is 2.97. The van der Waals surface area contributed by atoms with Gasteiger partial charge in [0.25, 0.3) is 5.91 Å². The molecule has 1 atom stereocenters. The minimum absolute atomic E-state index is 0.140. The third-order valence-electron chi connectivity index (χ3n) is 4.03. The van der Waals surface area contributed by atoms with Gasteiger partial charge < -0.3 is 15.4 Å². The molecule has 2 N–H and O–H groups in total. The Kier molecular flexibility index (Phi) is 5.24. The molecule has 6 heteroatoms. The summed E-state index contributed by atoms with van der Waals surface area (Å²) in [5.74, 6) is 0.160. The molecule has 1 aliphatic heterocycles. The standard InChI is InChI=1S/C19H19ClN2O3/c1-2-21-18(23)12-4-3-5-16(10-12)22-19(24)14-8-13-9-15(20)6-7-17(13)25-11-14/h3-7,9-10,14H,2,8,11H2,1H3,(H,21,23)(H,22,24). The first kappa shape index (κ1) is 17.3. The molecule has 0 spiro atoms. The Morgan fingerprint density at radius 3 is 2.88 bits per heavy atom. The van der Waals surface area contributed by atoms with Gasteiger partial charge in [0.1, 0.15) is 12.4 Å². The molecule has 0 bridgehead atoms. The van der Waals surface area contributed by atoms with Gasteiger partial charge in [-0.2, -0.15) is 0 Å². The van der Waals surface area contributed by atoms with Gasteiger partial charge in [0, 0.05) is 22.8 Å². The van der Waals surface area contributed by atoms with Gasteiger partial charge in [-0.3, -0.25) is 9.59 Å². The van der Waals surface area contributed by atoms with Gasteiger partial charge in [0.2, 0.25) is 5.91 Å². The van der Waals surface area contributed by atoms with Crippen molar-refractivity contribution in [2.45, 2.75) is 13.3 Å². The molecule has 0 radical (unpaired) electrons. The minimum Gasteiger partial charge on any atom is -0.492 e. The molecule has 5 nitrogen and oxygen atoms in total. The van der Waals surface area contributed by atoms with Gasteiger partial charge in [0.05, 0.1) is 5.92 Å². The minimum atomic E-state index is -0.306. The molecule has 25 heavy (non-hydrogen) atoms. The molecule has 1 aliphatic rings. The van der Waals surface area contributed by atoms with Gasteiger partial charge >= 0.3 is 0 Å². The number of hydrogen-bond acceptors (Lipinski definition) is 3. The van der Waals surface area contributed by atoms with Crippen molar-refractivity contribution in [1.82, 2.24) is 5.32 Å². The number of carbonyl (C=O) groups is 2. The number of amides is 2. The Morgan fingerprint density at radius 1 is 1.24 bits per heavy atom. The average Bonchev–Trinajstić information content (AvgIpc) is 2.61. The lowest BCUT2D eigenvalue weighted by Crippen LogP contribution is -2.32. The predicted molar refractivity (Wildman–Crippen MR) is 97.2 cm³/mol. The number of carbonyl (C=O) groups excluding carboxylic acids is 2. The Balaban J connectivity index is 1.69. The average molecular weight is 359 g/mol. The summed E-state index contributed by atoms with van der Waals surface area (Å²) in [4.78, 5) is 24.4. The molecule has 2 aromatic rings. The molecule has 1 unspecified atom stereocenters. The molecule has 0 aliphatic carbocycles. The van der Waals surface area contributed by atoms with Gasteiger partial charge in [-0.1, -0.05) is 17.7 Å². The number of hydrogen-bond donors (Lipinski definition) is 2. The Hall–Kier alpha value is -2.53. The second kappa shape index (κ2) is 7.57. The van der Waals surface area contributed by atoms with E-state index in [2.05, 4.69) is 10.6 Å². The van der Waals surface area contributed by atoms with E-state index >= 15 is 0 Å². The number of halogens is 1. The van der Waals surface area contributed by atoms with Crippen LogP contribution in [0.15, 0.2) is 42.5 Å². The zero-order valence-electron chi connectivity index (χ0n) is 13.8. The lowest BCUT2D eigenvalue weighted by molar-refractivity contribution is -0.121. The number of anilines is 1. The number of rotatable bonds is 4. The molecule has 1 heterocycles. The highest BCUT2D eigenvalue weighted by molar-refractivity contribution is 6.30. The lowest BCUT2D eigenvalue weighted by Gasteiger charge is -2.24. The molecular weight excluding hydrogens is 340 g/mol. The third-order valence-corrected chi connectivity index (χ3v) is 4.26. The van der Waals surface area contributed by atoms with E-state index in [1.54, 1.807) is 30.3 Å². The normalized spacial score (nSPS) is 15.7. The third kappa shape index (κ3) is 4.12. The number of benzene rings is 2. The van der Waals surface area contributed by atoms with Gasteiger partial charge in [-0.05, 0) is 55.3 Å². The van der Waals surface area contributed by atoms with E-state index in [0.717, 1.165) is 11.3 Å². The van der Waals surface area contributed by atoms with Crippen molar-refractivity contribution in [3.05, 3.63) is 58.6 Å². The number of ether oxygens (including phenoxy) is 1. The second-order valence-corrected chi connectivity index (χ2v) is 6.33. The van der Waals surface area contributed by atoms with Crippen molar-refractivity contribution < 1.29 is 14.3 Å². The second-order valence-electron chi connectivity index (χ2n) is 5.89. The maximum absolute atomic E-state index is 12.5. The molecular formula is C19H19ClN2O3. The van der Waals surface area contributed by atoms with Crippen molar-refractivity contribution in [3.63, 3.8) is 0 Å². The van der Waals surface area contributed by atoms with Crippen LogP contribution in [0.1, 0.15) is 22.8 Å². The first-order valence-corrected chi connectivity index (χ1v) is 8.55. The fourth-order valence-electron chi connectivity index (χ4n) is 2.78. The van der Waals surface area contributed by atoms with Crippen LogP contribution in [-0.2, 0) is 11.2 Å². The van der Waals surface area contributed by atoms with Gasteiger partial charge in [-0.25, -0.2) is 0 Å². The van der Waals surface area contributed by atoms with Gasteiger partial charge in [-0.15, -0.1) is 0 Å². The van der Waals surface area contributed by atoms with E-state index in [-0.39, 0.29) is 17.7 Å². The summed E-state index contributed by atoms with van der Waals surface area (Å²) in [5.41, 5.74) is 2.03. The summed E-state index contributed by atoms with van der Waals surface area (Å²) in [7, 11) is 0. The lowest BCUT2D eigenvalue weighted by atomic mass is 9.96. The highest BCUT2D eigenvalue weighted by Gasteiger charge is 2.26. The molecule has 0 fully saturated rings. The molecule has 3 rings (SSSR count). The molecule has 130 valence electrons. The van der Waals surface area contributed by atoms with Crippen LogP contribution in [0.3, 0.4) is 0 Å². The maximum Gasteiger partial charge on any atom is 0.251 e. The van der Waals surface area contributed by atoms with E-state index in [9.17, 15) is 9.59 Å². The van der Waals surface area contributed by atoms with E-state index < -0.39 is 0 Å². The van der Waals surface area contributed by atoms with Crippen LogP contribution < -0.4 is 15.4 Å². The van der Waals surface area contributed by atoms with E-state index in [0.29, 0.717) is 35.8 Å². The SMILES string of the molecule is CCNC(=O)c1cccc(NC(=O)C2COc3ccc(Cl)cc3C2)c1. The summed E-state index contributed by atoms with van der Waals surface area (Å²) in [6.45, 7) is 2.73. The zero-order chi connectivity index (χ0) is 17.8. The summed E-state index contributed by atoms with van der Waals surface area (Å²) >= 11 is 6.01. The zero-order valence-corrected chi connectivity index (χ0v) is 14.6. The predicted octanol–water partition coefficient (Wildman–Crippen LogP) is 3.28. The van der Waals surface area contributed by atoms with Crippen LogP contribution in [0.2, 0.25) is 5.02 Å². The topological polar surface area (TPSA) is 67.4 Å². The summed E-state index contributed by atoms with van der Waals surface area (Å²) < 4.78 is 5.66. The number of fused-ring (bicyclic) bond motifs is 1. The first-order chi connectivity index (χ1) is 12.1. The van der Waals surface area contributed by atoms with Crippen LogP contribution in [0.4, 0.5) is 5.69 Å². The summed E-state index contributed by atoms with van der Waals surface area (Å²) in [6, 6.07) is 12.3. The highest BCUT2D eigenvalue weighted by Crippen LogP contribution is 2.30. The van der Waals surface area contributed by atoms with Crippen molar-refractivity contribution >= 4 is 29.1 Å².